The molecule has 0 N–H and O–H groups in total. The second kappa shape index (κ2) is 5.66. The molecular formula is C16H22O3. The normalized spacial score (nSPS) is 23.6. The second-order valence-electron chi connectivity index (χ2n) is 5.88. The standard InChI is InChI=1S/C16H22O3/c1-16(2,3)15-18-9-8-13(11-19-15)12-6-5-7-14(10-12)17-4/h5-10,13,15H,11H2,1-4H3. The Bertz CT molecular complexity index is 446. The van der Waals surface area contributed by atoms with Crippen LogP contribution in [0.3, 0.4) is 0 Å². The van der Waals surface area contributed by atoms with Crippen molar-refractivity contribution in [3.63, 3.8) is 0 Å². The van der Waals surface area contributed by atoms with Gasteiger partial charge in [0.2, 0.25) is 6.29 Å². The molecule has 1 aliphatic heterocycles. The van der Waals surface area contributed by atoms with E-state index in [-0.39, 0.29) is 17.6 Å². The van der Waals surface area contributed by atoms with Crippen LogP contribution in [0.25, 0.3) is 0 Å². The van der Waals surface area contributed by atoms with E-state index in [1.165, 1.54) is 5.56 Å². The Hall–Kier alpha value is -1.48. The minimum atomic E-state index is -0.209. The monoisotopic (exact) mass is 262 g/mol. The summed E-state index contributed by atoms with van der Waals surface area (Å²) < 4.78 is 16.8. The Labute approximate surface area is 115 Å². The van der Waals surface area contributed by atoms with Crippen LogP contribution in [0.2, 0.25) is 0 Å². The predicted molar refractivity (Wildman–Crippen MR) is 75.2 cm³/mol. The van der Waals surface area contributed by atoms with Crippen LogP contribution < -0.4 is 4.74 Å². The molecule has 1 aliphatic rings. The molecule has 0 saturated heterocycles. The molecule has 2 rings (SSSR count). The van der Waals surface area contributed by atoms with E-state index < -0.39 is 0 Å². The zero-order chi connectivity index (χ0) is 13.9. The number of methoxy groups -OCH3 is 1. The van der Waals surface area contributed by atoms with Crippen LogP contribution >= 0.6 is 0 Å². The third-order valence-electron chi connectivity index (χ3n) is 3.17. The molecule has 0 spiro atoms. The Kier molecular flexibility index (Phi) is 4.15. The molecule has 0 saturated carbocycles. The van der Waals surface area contributed by atoms with Gasteiger partial charge in [-0.1, -0.05) is 32.9 Å². The summed E-state index contributed by atoms with van der Waals surface area (Å²) in [5, 5.41) is 0. The third kappa shape index (κ3) is 3.51. The number of rotatable bonds is 2. The Balaban J connectivity index is 2.11. The van der Waals surface area contributed by atoms with Crippen molar-refractivity contribution in [2.24, 2.45) is 5.41 Å². The molecule has 3 heteroatoms. The molecular weight excluding hydrogens is 240 g/mol. The van der Waals surface area contributed by atoms with Gasteiger partial charge in [-0.25, -0.2) is 0 Å². The molecule has 1 heterocycles. The van der Waals surface area contributed by atoms with Crippen molar-refractivity contribution in [3.8, 4) is 5.75 Å². The van der Waals surface area contributed by atoms with Crippen LogP contribution in [-0.4, -0.2) is 20.0 Å². The first-order valence-electron chi connectivity index (χ1n) is 6.58. The highest BCUT2D eigenvalue weighted by Crippen LogP contribution is 2.30. The zero-order valence-corrected chi connectivity index (χ0v) is 12.1. The molecule has 0 aromatic heterocycles. The van der Waals surface area contributed by atoms with Gasteiger partial charge >= 0.3 is 0 Å². The molecule has 0 fully saturated rings. The summed E-state index contributed by atoms with van der Waals surface area (Å²) in [7, 11) is 1.68. The summed E-state index contributed by atoms with van der Waals surface area (Å²) in [6, 6.07) is 8.06. The highest BCUT2D eigenvalue weighted by Gasteiger charge is 2.29. The highest BCUT2D eigenvalue weighted by atomic mass is 16.7. The van der Waals surface area contributed by atoms with Gasteiger partial charge in [-0.3, -0.25) is 0 Å². The Morgan fingerprint density at radius 1 is 1.26 bits per heavy atom. The van der Waals surface area contributed by atoms with Gasteiger partial charge in [-0.05, 0) is 23.8 Å². The first kappa shape index (κ1) is 13.9. The van der Waals surface area contributed by atoms with E-state index in [4.69, 9.17) is 14.2 Å². The molecule has 3 nitrogen and oxygen atoms in total. The zero-order valence-electron chi connectivity index (χ0n) is 12.1. The van der Waals surface area contributed by atoms with Crippen molar-refractivity contribution in [2.75, 3.05) is 13.7 Å². The lowest BCUT2D eigenvalue weighted by Gasteiger charge is -2.28. The Morgan fingerprint density at radius 2 is 2.05 bits per heavy atom. The quantitative estimate of drug-likeness (QED) is 0.813. The fourth-order valence-electron chi connectivity index (χ4n) is 2.03. The second-order valence-corrected chi connectivity index (χ2v) is 5.88. The Morgan fingerprint density at radius 3 is 2.74 bits per heavy atom. The van der Waals surface area contributed by atoms with Gasteiger partial charge in [-0.15, -0.1) is 0 Å². The topological polar surface area (TPSA) is 27.7 Å². The van der Waals surface area contributed by atoms with Crippen molar-refractivity contribution < 1.29 is 14.2 Å². The highest BCUT2D eigenvalue weighted by molar-refractivity contribution is 5.33. The number of hydrogen-bond donors (Lipinski definition) is 0. The van der Waals surface area contributed by atoms with Crippen LogP contribution in [0.4, 0.5) is 0 Å². The summed E-state index contributed by atoms with van der Waals surface area (Å²) >= 11 is 0. The van der Waals surface area contributed by atoms with Crippen molar-refractivity contribution >= 4 is 0 Å². The minimum Gasteiger partial charge on any atom is -0.497 e. The van der Waals surface area contributed by atoms with Gasteiger partial charge < -0.3 is 14.2 Å². The van der Waals surface area contributed by atoms with Gasteiger partial charge in [0.05, 0.1) is 20.0 Å². The lowest BCUT2D eigenvalue weighted by molar-refractivity contribution is -0.159. The predicted octanol–water partition coefficient (Wildman–Crippen LogP) is 3.71. The van der Waals surface area contributed by atoms with E-state index >= 15 is 0 Å². The molecule has 0 bridgehead atoms. The number of hydrogen-bond acceptors (Lipinski definition) is 3. The van der Waals surface area contributed by atoms with Crippen LogP contribution in [0, 0.1) is 5.41 Å². The SMILES string of the molecule is COc1cccc(C2C=COC(C(C)(C)C)OC2)c1. The summed E-state index contributed by atoms with van der Waals surface area (Å²) in [4.78, 5) is 0. The van der Waals surface area contributed by atoms with Gasteiger partial charge in [-0.2, -0.15) is 0 Å². The van der Waals surface area contributed by atoms with E-state index in [9.17, 15) is 0 Å². The van der Waals surface area contributed by atoms with Gasteiger partial charge in [0.15, 0.2) is 0 Å². The fraction of sp³-hybridized carbons (Fsp3) is 0.500. The molecule has 2 atom stereocenters. The van der Waals surface area contributed by atoms with Gasteiger partial charge in [0, 0.05) is 11.3 Å². The summed E-state index contributed by atoms with van der Waals surface area (Å²) in [5.74, 6) is 1.06. The van der Waals surface area contributed by atoms with E-state index in [0.717, 1.165) is 5.75 Å². The molecule has 0 radical (unpaired) electrons. The summed E-state index contributed by atoms with van der Waals surface area (Å²) in [5.41, 5.74) is 1.14. The molecule has 19 heavy (non-hydrogen) atoms. The first-order valence-corrected chi connectivity index (χ1v) is 6.58. The van der Waals surface area contributed by atoms with E-state index in [1.807, 2.05) is 24.3 Å². The van der Waals surface area contributed by atoms with Gasteiger partial charge in [0.1, 0.15) is 5.75 Å². The van der Waals surface area contributed by atoms with Crippen molar-refractivity contribution in [1.82, 2.24) is 0 Å². The molecule has 0 amide bonds. The third-order valence-corrected chi connectivity index (χ3v) is 3.17. The first-order chi connectivity index (χ1) is 9.00. The maximum Gasteiger partial charge on any atom is 0.203 e. The van der Waals surface area contributed by atoms with E-state index in [2.05, 4.69) is 26.8 Å². The van der Waals surface area contributed by atoms with Crippen molar-refractivity contribution in [3.05, 3.63) is 42.2 Å². The molecule has 104 valence electrons. The van der Waals surface area contributed by atoms with E-state index in [1.54, 1.807) is 13.4 Å². The van der Waals surface area contributed by atoms with Crippen LogP contribution in [0.5, 0.6) is 5.75 Å². The molecule has 2 unspecified atom stereocenters. The van der Waals surface area contributed by atoms with Crippen LogP contribution in [0.15, 0.2) is 36.6 Å². The maximum atomic E-state index is 5.88. The average Bonchev–Trinajstić information content (AvgIpc) is 2.64. The summed E-state index contributed by atoms with van der Waals surface area (Å²) in [6.45, 7) is 6.94. The lowest BCUT2D eigenvalue weighted by Crippen LogP contribution is -2.30. The number of benzene rings is 1. The fourth-order valence-corrected chi connectivity index (χ4v) is 2.03. The molecule has 0 aliphatic carbocycles. The summed E-state index contributed by atoms with van der Waals surface area (Å²) in [6.07, 6.45) is 3.59. The van der Waals surface area contributed by atoms with Crippen molar-refractivity contribution in [2.45, 2.75) is 33.0 Å². The van der Waals surface area contributed by atoms with Crippen molar-refractivity contribution in [1.29, 1.82) is 0 Å². The van der Waals surface area contributed by atoms with Crippen LogP contribution in [-0.2, 0) is 9.47 Å². The smallest absolute Gasteiger partial charge is 0.203 e. The van der Waals surface area contributed by atoms with E-state index in [0.29, 0.717) is 6.61 Å². The molecule has 1 aromatic rings. The largest absolute Gasteiger partial charge is 0.497 e. The van der Waals surface area contributed by atoms with Crippen LogP contribution in [0.1, 0.15) is 32.3 Å². The van der Waals surface area contributed by atoms with Gasteiger partial charge in [0.25, 0.3) is 0 Å². The minimum absolute atomic E-state index is 0.0341. The average molecular weight is 262 g/mol. The molecule has 1 aromatic carbocycles. The number of ether oxygens (including phenoxy) is 3. The lowest BCUT2D eigenvalue weighted by atomic mass is 9.96. The maximum absolute atomic E-state index is 5.88.